The lowest BCUT2D eigenvalue weighted by molar-refractivity contribution is -0.923. The number of benzene rings is 3. The minimum absolute atomic E-state index is 0.173. The van der Waals surface area contributed by atoms with Crippen LogP contribution in [0.15, 0.2) is 48.5 Å². The summed E-state index contributed by atoms with van der Waals surface area (Å²) in [4.78, 5) is 0. The molecule has 0 amide bonds. The molecule has 2 heterocycles. The van der Waals surface area contributed by atoms with E-state index in [0.717, 1.165) is 69.4 Å². The van der Waals surface area contributed by atoms with Gasteiger partial charge in [0.05, 0.1) is 69.7 Å². The number of fused-ring (bicyclic) bond motifs is 2. The predicted molar refractivity (Wildman–Crippen MR) is 163 cm³/mol. The van der Waals surface area contributed by atoms with Gasteiger partial charge in [0.25, 0.3) is 0 Å². The quantitative estimate of drug-likeness (QED) is 0.308. The molecule has 0 radical (unpaired) electrons. The normalized spacial score (nSPS) is 20.1. The first-order valence-corrected chi connectivity index (χ1v) is 14.6. The number of nitrogens with zero attached hydrogens (tertiary/aromatic N) is 2. The molecule has 226 valence electrons. The van der Waals surface area contributed by atoms with Crippen LogP contribution >= 0.6 is 0 Å². The van der Waals surface area contributed by atoms with Crippen molar-refractivity contribution in [2.75, 3.05) is 82.9 Å². The summed E-state index contributed by atoms with van der Waals surface area (Å²) in [5.74, 6) is 4.71. The summed E-state index contributed by atoms with van der Waals surface area (Å²) in [5.41, 5.74) is 5.10. The van der Waals surface area contributed by atoms with Crippen LogP contribution in [0.4, 0.5) is 0 Å². The third-order valence-electron chi connectivity index (χ3n) is 9.25. The maximum Gasteiger partial charge on any atom is 0.161 e. The average molecular weight is 579 g/mol. The van der Waals surface area contributed by atoms with Crippen molar-refractivity contribution in [3.05, 3.63) is 70.8 Å². The van der Waals surface area contributed by atoms with Crippen molar-refractivity contribution in [3.63, 3.8) is 0 Å². The second-order valence-corrected chi connectivity index (χ2v) is 12.4. The zero-order valence-corrected chi connectivity index (χ0v) is 26.4. The Kier molecular flexibility index (Phi) is 8.49. The van der Waals surface area contributed by atoms with Gasteiger partial charge in [0.1, 0.15) is 36.8 Å². The van der Waals surface area contributed by atoms with Crippen molar-refractivity contribution in [2.45, 2.75) is 24.9 Å². The highest BCUT2D eigenvalue weighted by molar-refractivity contribution is 5.50. The van der Waals surface area contributed by atoms with Crippen LogP contribution in [0.2, 0.25) is 0 Å². The van der Waals surface area contributed by atoms with Crippen molar-refractivity contribution in [1.29, 1.82) is 0 Å². The van der Waals surface area contributed by atoms with Gasteiger partial charge in [-0.2, -0.15) is 0 Å². The number of rotatable bonds is 10. The molecule has 42 heavy (non-hydrogen) atoms. The highest BCUT2D eigenvalue weighted by Gasteiger charge is 2.39. The van der Waals surface area contributed by atoms with Crippen LogP contribution < -0.4 is 28.4 Å². The Bertz CT molecular complexity index is 1300. The van der Waals surface area contributed by atoms with E-state index >= 15 is 0 Å². The van der Waals surface area contributed by atoms with Crippen LogP contribution in [-0.4, -0.2) is 91.9 Å². The Morgan fingerprint density at radius 3 is 1.21 bits per heavy atom. The molecule has 2 atom stereocenters. The molecule has 2 aliphatic heterocycles. The number of ether oxygens (including phenoxy) is 6. The van der Waals surface area contributed by atoms with Crippen LogP contribution in [0.1, 0.15) is 34.3 Å². The molecule has 0 spiro atoms. The van der Waals surface area contributed by atoms with E-state index in [1.807, 2.05) is 24.3 Å². The predicted octanol–water partition coefficient (Wildman–Crippen LogP) is 5.23. The van der Waals surface area contributed by atoms with Crippen molar-refractivity contribution in [3.8, 4) is 34.5 Å². The monoisotopic (exact) mass is 578 g/mol. The Hall–Kier alpha value is -3.62. The van der Waals surface area contributed by atoms with Crippen molar-refractivity contribution in [1.82, 2.24) is 0 Å². The first kappa shape index (κ1) is 29.9. The summed E-state index contributed by atoms with van der Waals surface area (Å²) in [5, 5.41) is 0. The van der Waals surface area contributed by atoms with E-state index < -0.39 is 0 Å². The molecule has 2 aliphatic rings. The third kappa shape index (κ3) is 5.83. The number of hydrogen-bond donors (Lipinski definition) is 0. The maximum atomic E-state index is 6.37. The van der Waals surface area contributed by atoms with Gasteiger partial charge in [0.2, 0.25) is 0 Å². The standard InChI is InChI=1S/C34H46N2O6/c1-35(2)15-13-23-17-31(37-5)33(39-7)19-27(23)29(35)21-41-25-9-11-26(12-10-25)42-22-30-28-20-34(40-8)32(38-6)18-24(28)14-16-36(30,3)4/h9-12,17-20,29-30H,13-16,21-22H2,1-8H3/q+2. The summed E-state index contributed by atoms with van der Waals surface area (Å²) in [7, 11) is 15.8. The molecule has 0 saturated carbocycles. The molecule has 0 fully saturated rings. The van der Waals surface area contributed by atoms with Crippen molar-refractivity contribution in [2.24, 2.45) is 0 Å². The summed E-state index contributed by atoms with van der Waals surface area (Å²) in [6, 6.07) is 16.8. The fourth-order valence-corrected chi connectivity index (χ4v) is 6.37. The molecule has 0 N–H and O–H groups in total. The molecule has 3 aromatic rings. The van der Waals surface area contributed by atoms with Gasteiger partial charge in [0.15, 0.2) is 23.0 Å². The fraction of sp³-hybridized carbons (Fsp3) is 0.471. The van der Waals surface area contributed by atoms with E-state index in [-0.39, 0.29) is 12.1 Å². The van der Waals surface area contributed by atoms with Crippen LogP contribution in [0, 0.1) is 0 Å². The van der Waals surface area contributed by atoms with E-state index in [2.05, 4.69) is 52.5 Å². The van der Waals surface area contributed by atoms with Gasteiger partial charge in [0, 0.05) is 24.0 Å². The Balaban J connectivity index is 1.28. The van der Waals surface area contributed by atoms with Crippen LogP contribution in [0.25, 0.3) is 0 Å². The zero-order chi connectivity index (χ0) is 30.1. The first-order chi connectivity index (χ1) is 20.1. The second kappa shape index (κ2) is 11.9. The molecule has 0 aliphatic carbocycles. The van der Waals surface area contributed by atoms with Crippen molar-refractivity contribution >= 4 is 0 Å². The smallest absolute Gasteiger partial charge is 0.161 e. The minimum Gasteiger partial charge on any atom is -0.493 e. The van der Waals surface area contributed by atoms with Crippen LogP contribution in [-0.2, 0) is 12.8 Å². The maximum absolute atomic E-state index is 6.37. The molecule has 3 aromatic carbocycles. The molecule has 0 aromatic heterocycles. The summed E-state index contributed by atoms with van der Waals surface area (Å²) in [6.45, 7) is 3.18. The number of hydrogen-bond acceptors (Lipinski definition) is 6. The molecule has 0 saturated heterocycles. The lowest BCUT2D eigenvalue weighted by Crippen LogP contribution is -2.50. The van der Waals surface area contributed by atoms with Gasteiger partial charge >= 0.3 is 0 Å². The van der Waals surface area contributed by atoms with Gasteiger partial charge < -0.3 is 37.4 Å². The molecule has 8 heteroatoms. The van der Waals surface area contributed by atoms with E-state index in [1.165, 1.54) is 22.3 Å². The number of quaternary nitrogens is 2. The Morgan fingerprint density at radius 2 is 0.881 bits per heavy atom. The van der Waals surface area contributed by atoms with Gasteiger partial charge in [-0.05, 0) is 59.7 Å². The summed E-state index contributed by atoms with van der Waals surface area (Å²) < 4.78 is 36.8. The summed E-state index contributed by atoms with van der Waals surface area (Å²) in [6.07, 6.45) is 1.99. The number of methoxy groups -OCH3 is 4. The first-order valence-electron chi connectivity index (χ1n) is 14.6. The second-order valence-electron chi connectivity index (χ2n) is 12.4. The van der Waals surface area contributed by atoms with Gasteiger partial charge in [-0.25, -0.2) is 0 Å². The van der Waals surface area contributed by atoms with Crippen molar-refractivity contribution < 1.29 is 37.4 Å². The molecule has 8 nitrogen and oxygen atoms in total. The van der Waals surface area contributed by atoms with Crippen LogP contribution in [0.3, 0.4) is 0 Å². The molecule has 5 rings (SSSR count). The highest BCUT2D eigenvalue weighted by Crippen LogP contribution is 2.42. The van der Waals surface area contributed by atoms with E-state index in [0.29, 0.717) is 13.2 Å². The zero-order valence-electron chi connectivity index (χ0n) is 26.4. The highest BCUT2D eigenvalue weighted by atomic mass is 16.5. The lowest BCUT2D eigenvalue weighted by atomic mass is 9.91. The SMILES string of the molecule is COc1cc2c(cc1OC)C(COc1ccc(OCC3c4cc(OC)c(OC)cc4CC[N+]3(C)C)cc1)[N+](C)(C)CC2. The fourth-order valence-electron chi connectivity index (χ4n) is 6.37. The van der Waals surface area contributed by atoms with Gasteiger partial charge in [-0.1, -0.05) is 0 Å². The largest absolute Gasteiger partial charge is 0.493 e. The molecular weight excluding hydrogens is 532 g/mol. The Morgan fingerprint density at radius 1 is 0.548 bits per heavy atom. The van der Waals surface area contributed by atoms with Gasteiger partial charge in [-0.3, -0.25) is 0 Å². The molecule has 2 unspecified atom stereocenters. The van der Waals surface area contributed by atoms with E-state index in [1.54, 1.807) is 28.4 Å². The van der Waals surface area contributed by atoms with Crippen LogP contribution in [0.5, 0.6) is 34.5 Å². The number of likely N-dealkylation sites (N-methyl/N-ethyl adjacent to an activating group) is 2. The Labute approximate surface area is 250 Å². The van der Waals surface area contributed by atoms with Gasteiger partial charge in [-0.15, -0.1) is 0 Å². The topological polar surface area (TPSA) is 55.4 Å². The van der Waals surface area contributed by atoms with E-state index in [4.69, 9.17) is 28.4 Å². The summed E-state index contributed by atoms with van der Waals surface area (Å²) >= 11 is 0. The minimum atomic E-state index is 0.173. The molecule has 0 bridgehead atoms. The van der Waals surface area contributed by atoms with E-state index in [9.17, 15) is 0 Å². The lowest BCUT2D eigenvalue weighted by Gasteiger charge is -2.42. The average Bonchev–Trinajstić information content (AvgIpc) is 2.99. The third-order valence-corrected chi connectivity index (χ3v) is 9.25. The molecular formula is C34H46N2O6+2.